The molecule has 0 fully saturated rings. The van der Waals surface area contributed by atoms with Crippen LogP contribution in [-0.4, -0.2) is 63.2 Å². The number of benzene rings is 2. The highest BCUT2D eigenvalue weighted by Crippen LogP contribution is 2.31. The number of methoxy groups -OCH3 is 2. The molecule has 0 saturated heterocycles. The summed E-state index contributed by atoms with van der Waals surface area (Å²) in [6, 6.07) is 8.59. The summed E-state index contributed by atoms with van der Waals surface area (Å²) in [7, 11) is 6.22. The number of nitrogens with one attached hydrogen (secondary N) is 1. The summed E-state index contributed by atoms with van der Waals surface area (Å²) in [5.41, 5.74) is 0.920. The van der Waals surface area contributed by atoms with Gasteiger partial charge < -0.3 is 29.3 Å². The molecule has 2 aromatic rings. The average Bonchev–Trinajstić information content (AvgIpc) is 2.81. The van der Waals surface area contributed by atoms with Crippen LogP contribution in [0.5, 0.6) is 17.2 Å². The van der Waals surface area contributed by atoms with Gasteiger partial charge in [-0.1, -0.05) is 19.8 Å². The van der Waals surface area contributed by atoms with Crippen molar-refractivity contribution in [2.45, 2.75) is 32.7 Å². The largest absolute Gasteiger partial charge is 0.496 e. The molecule has 0 radical (unpaired) electrons. The number of carbonyl (C=O) groups excluding carboxylic acids is 2. The topological polar surface area (TPSA) is 80.3 Å². The van der Waals surface area contributed by atoms with Gasteiger partial charge in [-0.3, -0.25) is 4.79 Å². The van der Waals surface area contributed by atoms with E-state index < -0.39 is 11.8 Å². The highest BCUT2D eigenvalue weighted by Gasteiger charge is 2.21. The number of hydrogen-bond acceptors (Lipinski definition) is 5. The number of urea groups is 1. The Bertz CT molecular complexity index is 968. The summed E-state index contributed by atoms with van der Waals surface area (Å²) < 4.78 is 30.4. The lowest BCUT2D eigenvalue weighted by Crippen LogP contribution is -2.42. The van der Waals surface area contributed by atoms with E-state index in [0.29, 0.717) is 35.1 Å². The zero-order valence-electron chi connectivity index (χ0n) is 20.5. The predicted molar refractivity (Wildman–Crippen MR) is 129 cm³/mol. The third-order valence-electron chi connectivity index (χ3n) is 5.14. The second kappa shape index (κ2) is 13.3. The number of unbranched alkanes of at least 4 members (excludes halogenated alkanes) is 2. The van der Waals surface area contributed by atoms with Crippen LogP contribution in [0.25, 0.3) is 0 Å². The van der Waals surface area contributed by atoms with Crippen LogP contribution in [0.2, 0.25) is 0 Å². The quantitative estimate of drug-likeness (QED) is 0.456. The number of nitrogens with zero attached hydrogens (tertiary/aromatic N) is 2. The number of ether oxygens (including phenoxy) is 3. The zero-order valence-corrected chi connectivity index (χ0v) is 20.5. The van der Waals surface area contributed by atoms with Gasteiger partial charge in [-0.05, 0) is 36.8 Å². The van der Waals surface area contributed by atoms with Gasteiger partial charge in [-0.25, -0.2) is 9.18 Å². The van der Waals surface area contributed by atoms with E-state index in [1.807, 2.05) is 0 Å². The minimum Gasteiger partial charge on any atom is -0.496 e. The fraction of sp³-hybridized carbons (Fsp3) is 0.440. The summed E-state index contributed by atoms with van der Waals surface area (Å²) in [5.74, 6) is 0.747. The Morgan fingerprint density at radius 1 is 0.971 bits per heavy atom. The molecule has 0 heterocycles. The van der Waals surface area contributed by atoms with E-state index in [2.05, 4.69) is 12.2 Å². The summed E-state index contributed by atoms with van der Waals surface area (Å²) >= 11 is 0. The number of likely N-dealkylation sites (N-methyl/N-ethyl adjacent to an activating group) is 1. The Balaban J connectivity index is 2.24. The maximum Gasteiger partial charge on any atom is 0.322 e. The lowest BCUT2D eigenvalue weighted by atomic mass is 10.2. The molecule has 0 aliphatic rings. The Kier molecular flexibility index (Phi) is 10.4. The molecule has 1 N–H and O–H groups in total. The first-order valence-corrected chi connectivity index (χ1v) is 11.2. The molecule has 9 heteroatoms. The SMILES string of the molecule is CCCCCOc1cc(NC(=O)N(CC(=O)N(C)C)Cc2cc(F)ccc2OC)ccc1OC. The van der Waals surface area contributed by atoms with Gasteiger partial charge in [-0.2, -0.15) is 0 Å². The van der Waals surface area contributed by atoms with Crippen LogP contribution in [0.4, 0.5) is 14.9 Å². The molecule has 0 unspecified atom stereocenters. The average molecular weight is 476 g/mol. The molecule has 2 rings (SSSR count). The van der Waals surface area contributed by atoms with Crippen molar-refractivity contribution < 1.29 is 28.2 Å². The summed E-state index contributed by atoms with van der Waals surface area (Å²) in [6.07, 6.45) is 3.04. The summed E-state index contributed by atoms with van der Waals surface area (Å²) in [6.45, 7) is 2.42. The normalized spacial score (nSPS) is 10.4. The van der Waals surface area contributed by atoms with Crippen LogP contribution in [0.1, 0.15) is 31.7 Å². The zero-order chi connectivity index (χ0) is 25.1. The van der Waals surface area contributed by atoms with Gasteiger partial charge in [0.25, 0.3) is 0 Å². The Morgan fingerprint density at radius 2 is 1.68 bits per heavy atom. The Labute approximate surface area is 200 Å². The van der Waals surface area contributed by atoms with Gasteiger partial charge in [0.05, 0.1) is 27.4 Å². The lowest BCUT2D eigenvalue weighted by Gasteiger charge is -2.25. The van der Waals surface area contributed by atoms with Crippen molar-refractivity contribution in [1.29, 1.82) is 0 Å². The molecule has 8 nitrogen and oxygen atoms in total. The molecular weight excluding hydrogens is 441 g/mol. The lowest BCUT2D eigenvalue weighted by molar-refractivity contribution is -0.129. The van der Waals surface area contributed by atoms with Gasteiger partial charge in [0.1, 0.15) is 18.1 Å². The highest BCUT2D eigenvalue weighted by molar-refractivity contribution is 5.92. The van der Waals surface area contributed by atoms with E-state index in [4.69, 9.17) is 14.2 Å². The van der Waals surface area contributed by atoms with Gasteiger partial charge >= 0.3 is 6.03 Å². The fourth-order valence-electron chi connectivity index (χ4n) is 3.18. The molecule has 0 aromatic heterocycles. The summed E-state index contributed by atoms with van der Waals surface area (Å²) in [4.78, 5) is 28.2. The molecule has 186 valence electrons. The third-order valence-corrected chi connectivity index (χ3v) is 5.14. The van der Waals surface area contributed by atoms with Crippen molar-refractivity contribution in [2.24, 2.45) is 0 Å². The van der Waals surface area contributed by atoms with E-state index in [1.165, 1.54) is 35.1 Å². The first kappa shape index (κ1) is 26.8. The number of carbonyl (C=O) groups is 2. The van der Waals surface area contributed by atoms with Crippen molar-refractivity contribution in [2.75, 3.05) is 46.8 Å². The van der Waals surface area contributed by atoms with Gasteiger partial charge in [-0.15, -0.1) is 0 Å². The second-order valence-corrected chi connectivity index (χ2v) is 7.95. The molecule has 0 spiro atoms. The number of anilines is 1. The first-order chi connectivity index (χ1) is 16.3. The highest BCUT2D eigenvalue weighted by atomic mass is 19.1. The van der Waals surface area contributed by atoms with Crippen LogP contribution in [0, 0.1) is 5.82 Å². The van der Waals surface area contributed by atoms with Crippen molar-refractivity contribution in [1.82, 2.24) is 9.80 Å². The van der Waals surface area contributed by atoms with Crippen molar-refractivity contribution in [3.63, 3.8) is 0 Å². The number of amides is 3. The molecule has 0 saturated carbocycles. The molecule has 0 bridgehead atoms. The van der Waals surface area contributed by atoms with Crippen LogP contribution in [-0.2, 0) is 11.3 Å². The van der Waals surface area contributed by atoms with Gasteiger partial charge in [0.15, 0.2) is 11.5 Å². The first-order valence-electron chi connectivity index (χ1n) is 11.2. The van der Waals surface area contributed by atoms with Crippen LogP contribution in [0.15, 0.2) is 36.4 Å². The van der Waals surface area contributed by atoms with Gasteiger partial charge in [0.2, 0.25) is 5.91 Å². The number of hydrogen-bond donors (Lipinski definition) is 1. The molecular formula is C25H34FN3O5. The Hall–Kier alpha value is -3.49. The smallest absolute Gasteiger partial charge is 0.322 e. The second-order valence-electron chi connectivity index (χ2n) is 7.95. The van der Waals surface area contributed by atoms with E-state index in [9.17, 15) is 14.0 Å². The van der Waals surface area contributed by atoms with Crippen LogP contribution in [0.3, 0.4) is 0 Å². The van der Waals surface area contributed by atoms with E-state index >= 15 is 0 Å². The fourth-order valence-corrected chi connectivity index (χ4v) is 3.18. The standard InChI is InChI=1S/C25H34FN3O5/c1-6-7-8-13-34-23-15-20(10-12-22(23)33-5)27-25(31)29(17-24(30)28(2)3)16-18-14-19(26)9-11-21(18)32-4/h9-12,14-15H,6-8,13,16-17H2,1-5H3,(H,27,31). The van der Waals surface area contributed by atoms with E-state index in [0.717, 1.165) is 19.3 Å². The van der Waals surface area contributed by atoms with E-state index in [1.54, 1.807) is 39.4 Å². The molecule has 2 aromatic carbocycles. The van der Waals surface area contributed by atoms with Crippen molar-refractivity contribution >= 4 is 17.6 Å². The number of halogens is 1. The van der Waals surface area contributed by atoms with Crippen molar-refractivity contribution in [3.05, 3.63) is 47.8 Å². The van der Waals surface area contributed by atoms with Crippen LogP contribution >= 0.6 is 0 Å². The monoisotopic (exact) mass is 475 g/mol. The van der Waals surface area contributed by atoms with E-state index in [-0.39, 0.29) is 19.0 Å². The molecule has 0 atom stereocenters. The maximum absolute atomic E-state index is 13.9. The summed E-state index contributed by atoms with van der Waals surface area (Å²) in [5, 5.41) is 2.80. The third kappa shape index (κ3) is 7.83. The van der Waals surface area contributed by atoms with Gasteiger partial charge in [0, 0.05) is 31.4 Å². The molecule has 0 aliphatic heterocycles. The van der Waals surface area contributed by atoms with Crippen molar-refractivity contribution in [3.8, 4) is 17.2 Å². The van der Waals surface area contributed by atoms with Crippen LogP contribution < -0.4 is 19.5 Å². The molecule has 3 amide bonds. The minimum atomic E-state index is -0.524. The molecule has 0 aliphatic carbocycles. The molecule has 34 heavy (non-hydrogen) atoms. The maximum atomic E-state index is 13.9. The predicted octanol–water partition coefficient (Wildman–Crippen LogP) is 4.53. The Morgan fingerprint density at radius 3 is 2.32 bits per heavy atom. The number of rotatable bonds is 12. The minimum absolute atomic E-state index is 0.0249.